The lowest BCUT2D eigenvalue weighted by molar-refractivity contribution is -0.122. The van der Waals surface area contributed by atoms with Crippen molar-refractivity contribution in [3.05, 3.63) is 64.6 Å². The number of fused-ring (bicyclic) bond motifs is 1. The number of methoxy groups -OCH3 is 1. The lowest BCUT2D eigenvalue weighted by atomic mass is 10.1. The van der Waals surface area contributed by atoms with Crippen LogP contribution < -0.4 is 10.2 Å². The van der Waals surface area contributed by atoms with Crippen molar-refractivity contribution >= 4 is 35.3 Å². The van der Waals surface area contributed by atoms with Gasteiger partial charge in [-0.25, -0.2) is 0 Å². The predicted octanol–water partition coefficient (Wildman–Crippen LogP) is 3.63. The molecule has 0 saturated carbocycles. The number of para-hydroxylation sites is 1. The van der Waals surface area contributed by atoms with Crippen LogP contribution in [0.15, 0.2) is 58.3 Å². The number of amides is 2. The number of nitrogens with zero attached hydrogens (tertiary/aromatic N) is 1. The molecule has 0 aromatic heterocycles. The third-order valence-electron chi connectivity index (χ3n) is 4.36. The van der Waals surface area contributed by atoms with Crippen molar-refractivity contribution in [3.63, 3.8) is 0 Å². The number of hydrogen-bond acceptors (Lipinski definition) is 4. The van der Waals surface area contributed by atoms with E-state index in [2.05, 4.69) is 5.32 Å². The molecule has 1 aliphatic rings. The van der Waals surface area contributed by atoms with Gasteiger partial charge < -0.3 is 10.1 Å². The molecule has 1 aliphatic heterocycles. The van der Waals surface area contributed by atoms with Crippen LogP contribution in [0.3, 0.4) is 0 Å². The Morgan fingerprint density at radius 3 is 2.68 bits per heavy atom. The first-order chi connectivity index (χ1) is 13.6. The Bertz CT molecular complexity index is 878. The first kappa shape index (κ1) is 20.2. The summed E-state index contributed by atoms with van der Waals surface area (Å²) < 4.78 is 4.99. The number of thioether (sulfide) groups is 1. The van der Waals surface area contributed by atoms with Gasteiger partial charge in [0.05, 0.1) is 10.6 Å². The lowest BCUT2D eigenvalue weighted by Crippen LogP contribution is -2.43. The fourth-order valence-corrected chi connectivity index (χ4v) is 3.94. The van der Waals surface area contributed by atoms with Crippen LogP contribution in [-0.2, 0) is 14.3 Å². The summed E-state index contributed by atoms with van der Waals surface area (Å²) >= 11 is 1.44. The number of ether oxygens (including phenoxy) is 1. The Hall–Kier alpha value is -2.57. The third-order valence-corrected chi connectivity index (χ3v) is 5.43. The van der Waals surface area contributed by atoms with Gasteiger partial charge in [0, 0.05) is 25.2 Å². The summed E-state index contributed by atoms with van der Waals surface area (Å²) in [5.41, 5.74) is 2.90. The van der Waals surface area contributed by atoms with Gasteiger partial charge in [-0.1, -0.05) is 53.7 Å². The second-order valence-electron chi connectivity index (χ2n) is 6.58. The topological polar surface area (TPSA) is 58.6 Å². The monoisotopic (exact) mass is 396 g/mol. The Labute approximate surface area is 169 Å². The van der Waals surface area contributed by atoms with E-state index in [0.29, 0.717) is 18.1 Å². The average Bonchev–Trinajstić information content (AvgIpc) is 2.70. The molecule has 6 heteroatoms. The Morgan fingerprint density at radius 1 is 1.18 bits per heavy atom. The molecule has 1 heterocycles. The van der Waals surface area contributed by atoms with Gasteiger partial charge in [0.25, 0.3) is 5.91 Å². The predicted molar refractivity (Wildman–Crippen MR) is 113 cm³/mol. The smallest absolute Gasteiger partial charge is 0.265 e. The molecule has 0 fully saturated rings. The number of carbonyl (C=O) groups excluding carboxylic acids is 2. The minimum Gasteiger partial charge on any atom is -0.385 e. The number of anilines is 1. The minimum atomic E-state index is -0.180. The van der Waals surface area contributed by atoms with E-state index < -0.39 is 0 Å². The molecule has 146 valence electrons. The molecule has 28 heavy (non-hydrogen) atoms. The third kappa shape index (κ3) is 5.03. The molecule has 0 spiro atoms. The molecule has 3 rings (SSSR count). The SMILES string of the molecule is COCCCNC(=O)CN1C(=O)/C(=C\c2ccc(C)cc2)Sc2ccccc21. The van der Waals surface area contributed by atoms with Gasteiger partial charge >= 0.3 is 0 Å². The lowest BCUT2D eigenvalue weighted by Gasteiger charge is -2.29. The molecule has 2 aromatic rings. The van der Waals surface area contributed by atoms with E-state index in [9.17, 15) is 9.59 Å². The number of benzene rings is 2. The van der Waals surface area contributed by atoms with E-state index in [1.54, 1.807) is 12.0 Å². The highest BCUT2D eigenvalue weighted by Crippen LogP contribution is 2.41. The number of hydrogen-bond donors (Lipinski definition) is 1. The molecule has 0 saturated heterocycles. The standard InChI is InChI=1S/C22H24N2O3S/c1-16-8-10-17(11-9-16)14-20-22(26)24(15-21(25)23-12-5-13-27-2)18-6-3-4-7-19(18)28-20/h3-4,6-11,14H,5,12-13,15H2,1-2H3,(H,23,25)/b20-14+. The largest absolute Gasteiger partial charge is 0.385 e. The van der Waals surface area contributed by atoms with E-state index >= 15 is 0 Å². The van der Waals surface area contributed by atoms with Gasteiger partial charge in [0.15, 0.2) is 0 Å². The van der Waals surface area contributed by atoms with Crippen molar-refractivity contribution in [3.8, 4) is 0 Å². The van der Waals surface area contributed by atoms with Crippen molar-refractivity contribution in [2.24, 2.45) is 0 Å². The molecule has 0 bridgehead atoms. The van der Waals surface area contributed by atoms with Gasteiger partial charge in [0.2, 0.25) is 5.91 Å². The van der Waals surface area contributed by atoms with Crippen LogP contribution in [0.4, 0.5) is 5.69 Å². The molecule has 0 unspecified atom stereocenters. The molecular weight excluding hydrogens is 372 g/mol. The maximum Gasteiger partial charge on any atom is 0.265 e. The second-order valence-corrected chi connectivity index (χ2v) is 7.66. The molecule has 5 nitrogen and oxygen atoms in total. The van der Waals surface area contributed by atoms with Crippen molar-refractivity contribution < 1.29 is 14.3 Å². The number of carbonyl (C=O) groups is 2. The molecule has 2 aromatic carbocycles. The number of rotatable bonds is 7. The molecule has 1 N–H and O–H groups in total. The summed E-state index contributed by atoms with van der Waals surface area (Å²) in [5, 5.41) is 2.85. The molecular formula is C22H24N2O3S. The zero-order valence-electron chi connectivity index (χ0n) is 16.1. The number of aryl methyl sites for hydroxylation is 1. The quantitative estimate of drug-likeness (QED) is 0.574. The highest BCUT2D eigenvalue weighted by molar-refractivity contribution is 8.04. The Balaban J connectivity index is 1.81. The minimum absolute atomic E-state index is 0.00533. The van der Waals surface area contributed by atoms with E-state index in [0.717, 1.165) is 22.6 Å². The van der Waals surface area contributed by atoms with E-state index in [1.165, 1.54) is 17.3 Å². The normalized spacial score (nSPS) is 14.9. The van der Waals surface area contributed by atoms with Crippen LogP contribution in [0.2, 0.25) is 0 Å². The zero-order chi connectivity index (χ0) is 19.9. The van der Waals surface area contributed by atoms with Crippen LogP contribution >= 0.6 is 11.8 Å². The van der Waals surface area contributed by atoms with Gasteiger partial charge in [-0.05, 0) is 37.1 Å². The van der Waals surface area contributed by atoms with Crippen molar-refractivity contribution in [2.45, 2.75) is 18.2 Å². The van der Waals surface area contributed by atoms with Gasteiger partial charge in [-0.3, -0.25) is 14.5 Å². The van der Waals surface area contributed by atoms with Gasteiger partial charge in [-0.15, -0.1) is 0 Å². The summed E-state index contributed by atoms with van der Waals surface area (Å²) in [4.78, 5) is 28.6. The van der Waals surface area contributed by atoms with Crippen LogP contribution in [0, 0.1) is 6.92 Å². The molecule has 0 radical (unpaired) electrons. The number of nitrogens with one attached hydrogen (secondary N) is 1. The summed E-state index contributed by atoms with van der Waals surface area (Å²) in [5.74, 6) is -0.336. The van der Waals surface area contributed by atoms with Gasteiger partial charge in [0.1, 0.15) is 6.54 Å². The van der Waals surface area contributed by atoms with Crippen molar-refractivity contribution in [1.29, 1.82) is 0 Å². The summed E-state index contributed by atoms with van der Waals surface area (Å²) in [6, 6.07) is 15.7. The molecule has 0 atom stereocenters. The second kappa shape index (κ2) is 9.57. The van der Waals surface area contributed by atoms with Crippen molar-refractivity contribution in [2.75, 3.05) is 31.7 Å². The zero-order valence-corrected chi connectivity index (χ0v) is 16.9. The van der Waals surface area contributed by atoms with Crippen LogP contribution in [0.1, 0.15) is 17.5 Å². The van der Waals surface area contributed by atoms with E-state index in [4.69, 9.17) is 4.74 Å². The van der Waals surface area contributed by atoms with Gasteiger partial charge in [-0.2, -0.15) is 0 Å². The Morgan fingerprint density at radius 2 is 1.93 bits per heavy atom. The maximum atomic E-state index is 13.1. The summed E-state index contributed by atoms with van der Waals surface area (Å²) in [6.45, 7) is 3.14. The van der Waals surface area contributed by atoms with Crippen molar-refractivity contribution in [1.82, 2.24) is 5.32 Å². The molecule has 2 amide bonds. The first-order valence-electron chi connectivity index (χ1n) is 9.21. The van der Waals surface area contributed by atoms with Crippen LogP contribution in [-0.4, -0.2) is 38.6 Å². The van der Waals surface area contributed by atoms with E-state index in [-0.39, 0.29) is 18.4 Å². The summed E-state index contributed by atoms with van der Waals surface area (Å²) in [7, 11) is 1.63. The van der Waals surface area contributed by atoms with Crippen LogP contribution in [0.5, 0.6) is 0 Å². The highest BCUT2D eigenvalue weighted by Gasteiger charge is 2.30. The van der Waals surface area contributed by atoms with E-state index in [1.807, 2.05) is 61.5 Å². The maximum absolute atomic E-state index is 13.1. The first-order valence-corrected chi connectivity index (χ1v) is 10.0. The Kier molecular flexibility index (Phi) is 6.90. The highest BCUT2D eigenvalue weighted by atomic mass is 32.2. The average molecular weight is 397 g/mol. The fraction of sp³-hybridized carbons (Fsp3) is 0.273. The van der Waals surface area contributed by atoms with Crippen LogP contribution in [0.25, 0.3) is 6.08 Å². The summed E-state index contributed by atoms with van der Waals surface area (Å²) in [6.07, 6.45) is 2.62. The molecule has 0 aliphatic carbocycles. The fourth-order valence-electron chi connectivity index (χ4n) is 2.88.